The summed E-state index contributed by atoms with van der Waals surface area (Å²) in [6, 6.07) is 24.3. The number of hydrogen-bond donors (Lipinski definition) is 1. The van der Waals surface area contributed by atoms with E-state index in [1.807, 2.05) is 85.7 Å². The van der Waals surface area contributed by atoms with Crippen molar-refractivity contribution in [2.75, 3.05) is 64.7 Å². The fraction of sp³-hybridized carbons (Fsp3) is 0.429. The molecule has 232 valence electrons. The standard InChI is InChI=1S/C35H43N5O4/c1-38(2)28-13-11-27(12-14-28)37-35(41)24-39-22-29-15-16-30(23-39)40(29)19-5-6-32(26-9-7-25(21-36)8-10-26)44-31-17-18-33(42-3)34(20-31)43-4/h7-14,17-18,20,29-30,32H,5-6,15-16,19,22-24H2,1-4H3,(H,37,41). The first-order chi connectivity index (χ1) is 21.4. The summed E-state index contributed by atoms with van der Waals surface area (Å²) in [5, 5.41) is 12.3. The maximum atomic E-state index is 12.8. The van der Waals surface area contributed by atoms with Gasteiger partial charge in [-0.25, -0.2) is 0 Å². The summed E-state index contributed by atoms with van der Waals surface area (Å²) in [6.07, 6.45) is 3.95. The van der Waals surface area contributed by atoms with Crippen LogP contribution in [0.25, 0.3) is 0 Å². The zero-order chi connectivity index (χ0) is 31.1. The molecule has 2 saturated heterocycles. The van der Waals surface area contributed by atoms with E-state index in [1.54, 1.807) is 14.2 Å². The first-order valence-corrected chi connectivity index (χ1v) is 15.3. The third-order valence-electron chi connectivity index (χ3n) is 8.67. The predicted molar refractivity (Wildman–Crippen MR) is 173 cm³/mol. The van der Waals surface area contributed by atoms with Gasteiger partial charge in [-0.05, 0) is 86.3 Å². The van der Waals surface area contributed by atoms with Crippen LogP contribution in [-0.2, 0) is 4.79 Å². The number of nitrogens with one attached hydrogen (secondary N) is 1. The Balaban J connectivity index is 1.16. The minimum absolute atomic E-state index is 0.0352. The van der Waals surface area contributed by atoms with Gasteiger partial charge in [-0.2, -0.15) is 5.26 Å². The van der Waals surface area contributed by atoms with Crippen molar-refractivity contribution >= 4 is 17.3 Å². The highest BCUT2D eigenvalue weighted by Gasteiger charge is 2.39. The van der Waals surface area contributed by atoms with E-state index in [0.29, 0.717) is 41.4 Å². The molecule has 44 heavy (non-hydrogen) atoms. The predicted octanol–water partition coefficient (Wildman–Crippen LogP) is 5.33. The Morgan fingerprint density at radius 3 is 2.27 bits per heavy atom. The molecule has 2 aliphatic rings. The van der Waals surface area contributed by atoms with Crippen LogP contribution in [0, 0.1) is 11.3 Å². The van der Waals surface area contributed by atoms with Crippen LogP contribution >= 0.6 is 0 Å². The molecular formula is C35H43N5O4. The minimum atomic E-state index is -0.171. The molecule has 0 aromatic heterocycles. The van der Waals surface area contributed by atoms with Gasteiger partial charge in [-0.1, -0.05) is 12.1 Å². The number of methoxy groups -OCH3 is 2. The largest absolute Gasteiger partial charge is 0.493 e. The summed E-state index contributed by atoms with van der Waals surface area (Å²) in [5.41, 5.74) is 3.60. The topological polar surface area (TPSA) is 90.3 Å². The number of carbonyl (C=O) groups is 1. The highest BCUT2D eigenvalue weighted by molar-refractivity contribution is 5.92. The van der Waals surface area contributed by atoms with Crippen molar-refractivity contribution in [3.8, 4) is 23.3 Å². The summed E-state index contributed by atoms with van der Waals surface area (Å²) < 4.78 is 17.4. The van der Waals surface area contributed by atoms with E-state index in [9.17, 15) is 10.1 Å². The van der Waals surface area contributed by atoms with Crippen molar-refractivity contribution in [3.05, 3.63) is 77.9 Å². The molecular weight excluding hydrogens is 554 g/mol. The minimum Gasteiger partial charge on any atom is -0.493 e. The van der Waals surface area contributed by atoms with Crippen LogP contribution in [0.15, 0.2) is 66.7 Å². The van der Waals surface area contributed by atoms with Gasteiger partial charge in [0, 0.05) is 56.7 Å². The molecule has 0 radical (unpaired) electrons. The van der Waals surface area contributed by atoms with Gasteiger partial charge in [0.25, 0.3) is 0 Å². The molecule has 2 aliphatic heterocycles. The lowest BCUT2D eigenvalue weighted by atomic mass is 10.0. The lowest BCUT2D eigenvalue weighted by Gasteiger charge is -2.41. The van der Waals surface area contributed by atoms with Crippen LogP contribution in [-0.4, -0.2) is 82.3 Å². The summed E-state index contributed by atoms with van der Waals surface area (Å²) >= 11 is 0. The van der Waals surface area contributed by atoms with Gasteiger partial charge in [-0.3, -0.25) is 14.6 Å². The Morgan fingerprint density at radius 1 is 0.977 bits per heavy atom. The van der Waals surface area contributed by atoms with Crippen molar-refractivity contribution < 1.29 is 19.0 Å². The lowest BCUT2D eigenvalue weighted by Crippen LogP contribution is -2.55. The normalized spacial score (nSPS) is 18.7. The molecule has 0 aliphatic carbocycles. The first-order valence-electron chi connectivity index (χ1n) is 15.3. The molecule has 2 heterocycles. The number of piperazine rings is 1. The monoisotopic (exact) mass is 597 g/mol. The van der Waals surface area contributed by atoms with Gasteiger partial charge in [0.05, 0.1) is 32.4 Å². The molecule has 3 atom stereocenters. The maximum absolute atomic E-state index is 12.8. The molecule has 9 heteroatoms. The van der Waals surface area contributed by atoms with Crippen LogP contribution in [0.1, 0.15) is 42.9 Å². The zero-order valence-electron chi connectivity index (χ0n) is 26.2. The summed E-state index contributed by atoms with van der Waals surface area (Å²) in [7, 11) is 7.24. The quantitative estimate of drug-likeness (QED) is 0.283. The Kier molecular flexibility index (Phi) is 10.3. The van der Waals surface area contributed by atoms with Crippen molar-refractivity contribution in [1.29, 1.82) is 5.26 Å². The average molecular weight is 598 g/mol. The number of carbonyl (C=O) groups excluding carboxylic acids is 1. The molecule has 3 aromatic carbocycles. The molecule has 3 aromatic rings. The lowest BCUT2D eigenvalue weighted by molar-refractivity contribution is -0.118. The van der Waals surface area contributed by atoms with Crippen molar-refractivity contribution in [2.45, 2.75) is 43.9 Å². The molecule has 0 spiro atoms. The van der Waals surface area contributed by atoms with Crippen LogP contribution in [0.3, 0.4) is 0 Å². The van der Waals surface area contributed by atoms with Crippen molar-refractivity contribution in [1.82, 2.24) is 9.80 Å². The molecule has 1 amide bonds. The smallest absolute Gasteiger partial charge is 0.238 e. The number of benzene rings is 3. The van der Waals surface area contributed by atoms with Crippen LogP contribution < -0.4 is 24.4 Å². The molecule has 5 rings (SSSR count). The van der Waals surface area contributed by atoms with E-state index in [-0.39, 0.29) is 12.0 Å². The molecule has 3 unspecified atom stereocenters. The molecule has 2 fully saturated rings. The Labute approximate surface area is 260 Å². The molecule has 0 saturated carbocycles. The van der Waals surface area contributed by atoms with E-state index in [4.69, 9.17) is 14.2 Å². The number of anilines is 2. The van der Waals surface area contributed by atoms with Gasteiger partial charge >= 0.3 is 0 Å². The fourth-order valence-electron chi connectivity index (χ4n) is 6.40. The van der Waals surface area contributed by atoms with E-state index in [2.05, 4.69) is 21.2 Å². The van der Waals surface area contributed by atoms with Gasteiger partial charge < -0.3 is 24.4 Å². The first kappa shape index (κ1) is 31.2. The van der Waals surface area contributed by atoms with Gasteiger partial charge in [0.15, 0.2) is 11.5 Å². The van der Waals surface area contributed by atoms with Gasteiger partial charge in [0.1, 0.15) is 11.9 Å². The van der Waals surface area contributed by atoms with E-state index in [0.717, 1.165) is 62.3 Å². The van der Waals surface area contributed by atoms with E-state index >= 15 is 0 Å². The second kappa shape index (κ2) is 14.5. The maximum Gasteiger partial charge on any atom is 0.238 e. The molecule has 1 N–H and O–H groups in total. The highest BCUT2D eigenvalue weighted by atomic mass is 16.5. The SMILES string of the molecule is COc1ccc(OC(CCCN2C3CCC2CN(CC(=O)Nc2ccc(N(C)C)cc2)C3)c2ccc(C#N)cc2)cc1OC. The fourth-order valence-corrected chi connectivity index (χ4v) is 6.40. The number of nitrogens with zero attached hydrogens (tertiary/aromatic N) is 4. The summed E-state index contributed by atoms with van der Waals surface area (Å²) in [5.74, 6) is 2.01. The number of rotatable bonds is 13. The Hall–Kier alpha value is -4.26. The number of ether oxygens (including phenoxy) is 3. The number of nitriles is 1. The molecule has 9 nitrogen and oxygen atoms in total. The Bertz CT molecular complexity index is 1420. The van der Waals surface area contributed by atoms with E-state index in [1.165, 1.54) is 0 Å². The highest BCUT2D eigenvalue weighted by Crippen LogP contribution is 2.35. The third kappa shape index (κ3) is 7.62. The van der Waals surface area contributed by atoms with E-state index < -0.39 is 0 Å². The number of hydrogen-bond acceptors (Lipinski definition) is 8. The molecule has 2 bridgehead atoms. The third-order valence-corrected chi connectivity index (χ3v) is 8.67. The summed E-state index contributed by atoms with van der Waals surface area (Å²) in [6.45, 7) is 3.21. The summed E-state index contributed by atoms with van der Waals surface area (Å²) in [4.78, 5) is 19.8. The van der Waals surface area contributed by atoms with Crippen LogP contribution in [0.5, 0.6) is 17.2 Å². The zero-order valence-corrected chi connectivity index (χ0v) is 26.2. The second-order valence-electron chi connectivity index (χ2n) is 11.8. The number of amides is 1. The average Bonchev–Trinajstić information content (AvgIpc) is 3.27. The number of fused-ring (bicyclic) bond motifs is 2. The van der Waals surface area contributed by atoms with Crippen LogP contribution in [0.2, 0.25) is 0 Å². The van der Waals surface area contributed by atoms with Gasteiger partial charge in [0.2, 0.25) is 5.91 Å². The Morgan fingerprint density at radius 2 is 1.66 bits per heavy atom. The van der Waals surface area contributed by atoms with Crippen molar-refractivity contribution in [3.63, 3.8) is 0 Å². The number of likely N-dealkylation sites (tertiary alicyclic amines) is 1. The van der Waals surface area contributed by atoms with Crippen LogP contribution in [0.4, 0.5) is 11.4 Å². The van der Waals surface area contributed by atoms with Gasteiger partial charge in [-0.15, -0.1) is 0 Å². The second-order valence-corrected chi connectivity index (χ2v) is 11.8. The van der Waals surface area contributed by atoms with Crippen molar-refractivity contribution in [2.24, 2.45) is 0 Å².